The number of nitrogens with one attached hydrogen (secondary N) is 1. The average Bonchev–Trinajstić information content (AvgIpc) is 2.68. The van der Waals surface area contributed by atoms with Crippen LogP contribution in [0.4, 0.5) is 11.5 Å². The summed E-state index contributed by atoms with van der Waals surface area (Å²) in [5, 5.41) is 4.63. The number of aryl methyl sites for hydroxylation is 3. The summed E-state index contributed by atoms with van der Waals surface area (Å²) in [5.41, 5.74) is 3.44. The van der Waals surface area contributed by atoms with Crippen molar-refractivity contribution in [3.8, 4) is 0 Å². The molecule has 0 radical (unpaired) electrons. The zero-order valence-corrected chi connectivity index (χ0v) is 13.1. The summed E-state index contributed by atoms with van der Waals surface area (Å²) in [6.45, 7) is 6.21. The smallest absolute Gasteiger partial charge is 0.225 e. The van der Waals surface area contributed by atoms with E-state index < -0.39 is 0 Å². The monoisotopic (exact) mass is 303 g/mol. The lowest BCUT2D eigenvalue weighted by Gasteiger charge is -2.09. The molecule has 0 spiro atoms. The maximum Gasteiger partial charge on any atom is 0.225 e. The fraction of sp³-hybridized carbons (Fsp3) is 0.200. The number of rotatable bonds is 2. The highest BCUT2D eigenvalue weighted by Crippen LogP contribution is 2.31. The van der Waals surface area contributed by atoms with E-state index in [0.717, 1.165) is 21.7 Å². The van der Waals surface area contributed by atoms with Gasteiger partial charge in [0.2, 0.25) is 5.28 Å². The molecule has 2 aromatic heterocycles. The molecular formula is C15H14ClN3S. The van der Waals surface area contributed by atoms with Crippen LogP contribution in [0.1, 0.15) is 16.0 Å². The molecule has 102 valence electrons. The van der Waals surface area contributed by atoms with Crippen LogP contribution in [0, 0.1) is 20.8 Å². The minimum Gasteiger partial charge on any atom is -0.340 e. The molecule has 0 amide bonds. The maximum absolute atomic E-state index is 6.01. The molecule has 5 heteroatoms. The Balaban J connectivity index is 2.09. The molecule has 3 aromatic rings. The molecule has 2 heterocycles. The summed E-state index contributed by atoms with van der Waals surface area (Å²) in [4.78, 5) is 10.7. The number of hydrogen-bond acceptors (Lipinski definition) is 4. The molecule has 0 unspecified atom stereocenters. The van der Waals surface area contributed by atoms with Crippen molar-refractivity contribution >= 4 is 44.7 Å². The third kappa shape index (κ3) is 2.62. The van der Waals surface area contributed by atoms with E-state index in [9.17, 15) is 0 Å². The number of benzene rings is 1. The van der Waals surface area contributed by atoms with Crippen molar-refractivity contribution < 1.29 is 0 Å². The number of nitrogens with zero attached hydrogens (tertiary/aromatic N) is 2. The van der Waals surface area contributed by atoms with Crippen LogP contribution in [0.3, 0.4) is 0 Å². The summed E-state index contributed by atoms with van der Waals surface area (Å²) >= 11 is 7.63. The molecule has 0 atom stereocenters. The molecule has 3 rings (SSSR count). The van der Waals surface area contributed by atoms with Crippen LogP contribution in [-0.2, 0) is 0 Å². The van der Waals surface area contributed by atoms with Crippen molar-refractivity contribution in [2.24, 2.45) is 0 Å². The first-order valence-corrected chi connectivity index (χ1v) is 7.50. The van der Waals surface area contributed by atoms with E-state index >= 15 is 0 Å². The fourth-order valence-electron chi connectivity index (χ4n) is 2.29. The molecule has 0 aliphatic heterocycles. The third-order valence-corrected chi connectivity index (χ3v) is 4.09. The number of hydrogen-bond donors (Lipinski definition) is 1. The van der Waals surface area contributed by atoms with E-state index in [0.29, 0.717) is 0 Å². The predicted octanol–water partition coefficient (Wildman–Crippen LogP) is 5.01. The van der Waals surface area contributed by atoms with Crippen LogP contribution >= 0.6 is 22.9 Å². The molecule has 1 aromatic carbocycles. The predicted molar refractivity (Wildman–Crippen MR) is 86.4 cm³/mol. The number of thiophene rings is 1. The van der Waals surface area contributed by atoms with Gasteiger partial charge in [-0.3, -0.25) is 0 Å². The van der Waals surface area contributed by atoms with Crippen molar-refractivity contribution in [1.82, 2.24) is 9.97 Å². The van der Waals surface area contributed by atoms with E-state index in [1.807, 2.05) is 0 Å². The number of anilines is 2. The second-order valence-corrected chi connectivity index (χ2v) is 6.49. The van der Waals surface area contributed by atoms with E-state index in [2.05, 4.69) is 60.3 Å². The van der Waals surface area contributed by atoms with Gasteiger partial charge in [-0.05, 0) is 61.7 Å². The molecule has 0 saturated carbocycles. The SMILES string of the molecule is Cc1cc(C)cc(Nc2nc(Cl)nc3sc(C)cc23)c1. The second kappa shape index (κ2) is 5.04. The van der Waals surface area contributed by atoms with Gasteiger partial charge < -0.3 is 5.32 Å². The molecular weight excluding hydrogens is 290 g/mol. The number of fused-ring (bicyclic) bond motifs is 1. The molecule has 1 N–H and O–H groups in total. The van der Waals surface area contributed by atoms with Gasteiger partial charge in [0.15, 0.2) is 0 Å². The lowest BCUT2D eigenvalue weighted by atomic mass is 10.1. The minimum atomic E-state index is 0.270. The summed E-state index contributed by atoms with van der Waals surface area (Å²) in [7, 11) is 0. The molecule has 0 bridgehead atoms. The zero-order chi connectivity index (χ0) is 14.3. The largest absolute Gasteiger partial charge is 0.340 e. The van der Waals surface area contributed by atoms with Crippen molar-refractivity contribution in [1.29, 1.82) is 0 Å². The molecule has 0 aliphatic rings. The lowest BCUT2D eigenvalue weighted by molar-refractivity contribution is 1.23. The molecule has 0 fully saturated rings. The Morgan fingerprint density at radius 3 is 2.40 bits per heavy atom. The molecule has 0 aliphatic carbocycles. The van der Waals surface area contributed by atoms with Crippen LogP contribution in [0.2, 0.25) is 5.28 Å². The molecule has 0 saturated heterocycles. The van der Waals surface area contributed by atoms with Crippen LogP contribution in [-0.4, -0.2) is 9.97 Å². The van der Waals surface area contributed by atoms with Crippen LogP contribution in [0.25, 0.3) is 10.2 Å². The Kier molecular flexibility index (Phi) is 3.36. The van der Waals surface area contributed by atoms with Crippen LogP contribution in [0.5, 0.6) is 0 Å². The van der Waals surface area contributed by atoms with E-state index in [1.54, 1.807) is 11.3 Å². The van der Waals surface area contributed by atoms with E-state index in [-0.39, 0.29) is 5.28 Å². The van der Waals surface area contributed by atoms with Gasteiger partial charge in [-0.2, -0.15) is 4.98 Å². The second-order valence-electron chi connectivity index (χ2n) is 4.92. The lowest BCUT2D eigenvalue weighted by Crippen LogP contribution is -1.96. The highest BCUT2D eigenvalue weighted by molar-refractivity contribution is 7.18. The Bertz CT molecular complexity index is 775. The third-order valence-electron chi connectivity index (χ3n) is 2.97. The quantitative estimate of drug-likeness (QED) is 0.676. The fourth-order valence-corrected chi connectivity index (χ4v) is 3.39. The van der Waals surface area contributed by atoms with Crippen LogP contribution in [0.15, 0.2) is 24.3 Å². The number of aromatic nitrogens is 2. The van der Waals surface area contributed by atoms with Gasteiger partial charge in [0.1, 0.15) is 10.6 Å². The Labute approximate surface area is 126 Å². The van der Waals surface area contributed by atoms with Crippen molar-refractivity contribution in [3.05, 3.63) is 45.6 Å². The van der Waals surface area contributed by atoms with Gasteiger partial charge in [-0.15, -0.1) is 11.3 Å². The Morgan fingerprint density at radius 1 is 1.00 bits per heavy atom. The summed E-state index contributed by atoms with van der Waals surface area (Å²) in [6.07, 6.45) is 0. The first-order valence-electron chi connectivity index (χ1n) is 6.30. The van der Waals surface area contributed by atoms with Gasteiger partial charge in [0.05, 0.1) is 5.39 Å². The maximum atomic E-state index is 6.01. The summed E-state index contributed by atoms with van der Waals surface area (Å²) in [6, 6.07) is 8.41. The standard InChI is InChI=1S/C15H14ClN3S/c1-8-4-9(2)6-11(5-8)17-13-12-7-10(3)20-14(12)19-15(16)18-13/h4-7H,1-3H3,(H,17,18,19). The van der Waals surface area contributed by atoms with Gasteiger partial charge in [-0.25, -0.2) is 4.98 Å². The topological polar surface area (TPSA) is 37.8 Å². The van der Waals surface area contributed by atoms with Gasteiger partial charge in [-0.1, -0.05) is 6.07 Å². The normalized spacial score (nSPS) is 11.0. The highest BCUT2D eigenvalue weighted by atomic mass is 35.5. The number of halogens is 1. The first kappa shape index (κ1) is 13.3. The average molecular weight is 304 g/mol. The zero-order valence-electron chi connectivity index (χ0n) is 11.5. The van der Waals surface area contributed by atoms with Gasteiger partial charge in [0, 0.05) is 10.6 Å². The van der Waals surface area contributed by atoms with Crippen molar-refractivity contribution in [3.63, 3.8) is 0 Å². The molecule has 3 nitrogen and oxygen atoms in total. The first-order chi connectivity index (χ1) is 9.51. The van der Waals surface area contributed by atoms with Crippen molar-refractivity contribution in [2.75, 3.05) is 5.32 Å². The van der Waals surface area contributed by atoms with E-state index in [1.165, 1.54) is 16.0 Å². The van der Waals surface area contributed by atoms with Crippen molar-refractivity contribution in [2.45, 2.75) is 20.8 Å². The summed E-state index contributed by atoms with van der Waals surface area (Å²) < 4.78 is 0. The Hall–Kier alpha value is -1.65. The molecule has 20 heavy (non-hydrogen) atoms. The van der Waals surface area contributed by atoms with Gasteiger partial charge >= 0.3 is 0 Å². The van der Waals surface area contributed by atoms with Gasteiger partial charge in [0.25, 0.3) is 0 Å². The highest BCUT2D eigenvalue weighted by Gasteiger charge is 2.10. The summed E-state index contributed by atoms with van der Waals surface area (Å²) in [5.74, 6) is 0.759. The minimum absolute atomic E-state index is 0.270. The van der Waals surface area contributed by atoms with E-state index in [4.69, 9.17) is 11.6 Å². The Morgan fingerprint density at radius 2 is 1.70 bits per heavy atom. The van der Waals surface area contributed by atoms with Crippen LogP contribution < -0.4 is 5.32 Å².